The maximum absolute atomic E-state index is 3.68. The van der Waals surface area contributed by atoms with Gasteiger partial charge in [0.05, 0.1) is 11.4 Å². The van der Waals surface area contributed by atoms with Crippen molar-refractivity contribution in [2.75, 3.05) is 17.3 Å². The second-order valence-electron chi connectivity index (χ2n) is 6.22. The van der Waals surface area contributed by atoms with Gasteiger partial charge in [-0.1, -0.05) is 66.7 Å². The molecule has 0 radical (unpaired) electrons. The van der Waals surface area contributed by atoms with Gasteiger partial charge in [-0.3, -0.25) is 0 Å². The lowest BCUT2D eigenvalue weighted by Gasteiger charge is -2.34. The van der Waals surface area contributed by atoms with Gasteiger partial charge in [0.2, 0.25) is 0 Å². The smallest absolute Gasteiger partial charge is 0.134 e. The van der Waals surface area contributed by atoms with Gasteiger partial charge in [-0.15, -0.1) is 0 Å². The van der Waals surface area contributed by atoms with Crippen LogP contribution < -0.4 is 10.2 Å². The van der Waals surface area contributed by atoms with Gasteiger partial charge in [0.1, 0.15) is 5.66 Å². The fraction of sp³-hybridized carbons (Fsp3) is 0.143. The molecule has 2 nitrogen and oxygen atoms in total. The maximum atomic E-state index is 3.68. The molecular weight excluding hydrogens is 280 g/mol. The minimum absolute atomic E-state index is 0.223. The Labute approximate surface area is 137 Å². The summed E-state index contributed by atoms with van der Waals surface area (Å²) in [5.41, 5.74) is 5.95. The Kier molecular flexibility index (Phi) is 3.12. The normalized spacial score (nSPS) is 19.3. The fourth-order valence-electron chi connectivity index (χ4n) is 3.34. The standard InChI is InChI=1S/C21H20N2/c1-21(18-11-7-4-8-12-18)22-19-14-13-17(15-20(19)23(21)2)16-9-5-3-6-10-16/h3-15,22H,1-2H3. The number of rotatable bonds is 2. The highest BCUT2D eigenvalue weighted by atomic mass is 15.4. The van der Waals surface area contributed by atoms with Crippen molar-refractivity contribution in [3.63, 3.8) is 0 Å². The zero-order chi connectivity index (χ0) is 15.9. The first-order valence-corrected chi connectivity index (χ1v) is 7.95. The Balaban J connectivity index is 1.77. The molecule has 1 N–H and O–H groups in total. The van der Waals surface area contributed by atoms with E-state index in [1.165, 1.54) is 28.1 Å². The van der Waals surface area contributed by atoms with Gasteiger partial charge in [-0.05, 0) is 35.7 Å². The van der Waals surface area contributed by atoms with Gasteiger partial charge in [-0.2, -0.15) is 0 Å². The average molecular weight is 300 g/mol. The second kappa shape index (κ2) is 5.17. The average Bonchev–Trinajstić information content (AvgIpc) is 2.88. The summed E-state index contributed by atoms with van der Waals surface area (Å²) in [6.07, 6.45) is 0. The number of hydrogen-bond acceptors (Lipinski definition) is 2. The third kappa shape index (κ3) is 2.18. The van der Waals surface area contributed by atoms with Crippen molar-refractivity contribution in [1.82, 2.24) is 0 Å². The number of nitrogens with one attached hydrogen (secondary N) is 1. The van der Waals surface area contributed by atoms with E-state index in [4.69, 9.17) is 0 Å². The molecule has 0 amide bonds. The topological polar surface area (TPSA) is 15.3 Å². The van der Waals surface area contributed by atoms with Gasteiger partial charge < -0.3 is 10.2 Å². The van der Waals surface area contributed by atoms with E-state index < -0.39 is 0 Å². The van der Waals surface area contributed by atoms with Crippen molar-refractivity contribution >= 4 is 11.4 Å². The fourth-order valence-corrected chi connectivity index (χ4v) is 3.34. The molecule has 0 bridgehead atoms. The molecule has 1 aliphatic heterocycles. The molecule has 1 unspecified atom stereocenters. The molecule has 1 heterocycles. The molecule has 3 aromatic rings. The molecule has 114 valence electrons. The first-order chi connectivity index (χ1) is 11.2. The molecule has 2 heteroatoms. The van der Waals surface area contributed by atoms with E-state index in [0.717, 1.165) is 0 Å². The van der Waals surface area contributed by atoms with E-state index in [-0.39, 0.29) is 5.66 Å². The molecular formula is C21H20N2. The molecule has 1 aliphatic rings. The van der Waals surface area contributed by atoms with Crippen LogP contribution in [0.2, 0.25) is 0 Å². The van der Waals surface area contributed by atoms with Crippen LogP contribution >= 0.6 is 0 Å². The maximum Gasteiger partial charge on any atom is 0.134 e. The Morgan fingerprint density at radius 2 is 1.43 bits per heavy atom. The first kappa shape index (κ1) is 13.9. The molecule has 1 atom stereocenters. The number of fused-ring (bicyclic) bond motifs is 1. The third-order valence-corrected chi connectivity index (χ3v) is 4.85. The lowest BCUT2D eigenvalue weighted by atomic mass is 10.0. The van der Waals surface area contributed by atoms with Crippen LogP contribution in [0.25, 0.3) is 11.1 Å². The summed E-state index contributed by atoms with van der Waals surface area (Å²) in [4.78, 5) is 2.32. The van der Waals surface area contributed by atoms with Crippen molar-refractivity contribution in [3.05, 3.63) is 84.4 Å². The van der Waals surface area contributed by atoms with Crippen LogP contribution in [0.1, 0.15) is 12.5 Å². The predicted molar refractivity (Wildman–Crippen MR) is 97.7 cm³/mol. The van der Waals surface area contributed by atoms with Gasteiger partial charge in [0.25, 0.3) is 0 Å². The van der Waals surface area contributed by atoms with Crippen LogP contribution in [0.5, 0.6) is 0 Å². The Bertz CT molecular complexity index is 827. The minimum Gasteiger partial charge on any atom is -0.357 e. The summed E-state index contributed by atoms with van der Waals surface area (Å²) in [5, 5.41) is 3.68. The lowest BCUT2D eigenvalue weighted by molar-refractivity contribution is 0.555. The third-order valence-electron chi connectivity index (χ3n) is 4.85. The molecule has 0 fully saturated rings. The van der Waals surface area contributed by atoms with E-state index in [0.29, 0.717) is 0 Å². The highest BCUT2D eigenvalue weighted by Crippen LogP contribution is 2.45. The van der Waals surface area contributed by atoms with E-state index >= 15 is 0 Å². The van der Waals surface area contributed by atoms with Crippen molar-refractivity contribution in [3.8, 4) is 11.1 Å². The SMILES string of the molecule is CN1c2cc(-c3ccccc3)ccc2NC1(C)c1ccccc1. The van der Waals surface area contributed by atoms with Crippen LogP contribution in [-0.2, 0) is 5.66 Å². The Morgan fingerprint density at radius 3 is 2.13 bits per heavy atom. The van der Waals surface area contributed by atoms with Gasteiger partial charge >= 0.3 is 0 Å². The Morgan fingerprint density at radius 1 is 0.783 bits per heavy atom. The molecule has 0 aliphatic carbocycles. The number of nitrogens with zero attached hydrogens (tertiary/aromatic N) is 1. The summed E-state index contributed by atoms with van der Waals surface area (Å²) in [5.74, 6) is 0. The zero-order valence-corrected chi connectivity index (χ0v) is 13.5. The molecule has 0 spiro atoms. The number of anilines is 2. The van der Waals surface area contributed by atoms with Crippen LogP contribution in [0, 0.1) is 0 Å². The molecule has 0 saturated heterocycles. The van der Waals surface area contributed by atoms with Crippen molar-refractivity contribution in [2.24, 2.45) is 0 Å². The van der Waals surface area contributed by atoms with E-state index in [9.17, 15) is 0 Å². The van der Waals surface area contributed by atoms with E-state index in [1.54, 1.807) is 0 Å². The van der Waals surface area contributed by atoms with Crippen LogP contribution in [0.15, 0.2) is 78.9 Å². The lowest BCUT2D eigenvalue weighted by Crippen LogP contribution is -2.42. The highest BCUT2D eigenvalue weighted by molar-refractivity contribution is 5.83. The Hall–Kier alpha value is -2.74. The summed E-state index contributed by atoms with van der Waals surface area (Å²) >= 11 is 0. The summed E-state index contributed by atoms with van der Waals surface area (Å²) in [6, 6.07) is 27.8. The highest BCUT2D eigenvalue weighted by Gasteiger charge is 2.38. The monoisotopic (exact) mass is 300 g/mol. The van der Waals surface area contributed by atoms with E-state index in [2.05, 4.69) is 103 Å². The summed E-state index contributed by atoms with van der Waals surface area (Å²) < 4.78 is 0. The quantitative estimate of drug-likeness (QED) is 0.709. The van der Waals surface area contributed by atoms with Gasteiger partial charge in [0, 0.05) is 7.05 Å². The van der Waals surface area contributed by atoms with Crippen LogP contribution in [0.3, 0.4) is 0 Å². The van der Waals surface area contributed by atoms with E-state index in [1.807, 2.05) is 0 Å². The van der Waals surface area contributed by atoms with Crippen molar-refractivity contribution in [1.29, 1.82) is 0 Å². The van der Waals surface area contributed by atoms with Gasteiger partial charge in [-0.25, -0.2) is 0 Å². The zero-order valence-electron chi connectivity index (χ0n) is 13.5. The number of hydrogen-bond donors (Lipinski definition) is 1. The van der Waals surface area contributed by atoms with Crippen LogP contribution in [-0.4, -0.2) is 7.05 Å². The molecule has 0 saturated carbocycles. The second-order valence-corrected chi connectivity index (χ2v) is 6.22. The molecule has 4 rings (SSSR count). The molecule has 23 heavy (non-hydrogen) atoms. The molecule has 0 aromatic heterocycles. The van der Waals surface area contributed by atoms with Crippen molar-refractivity contribution in [2.45, 2.75) is 12.6 Å². The summed E-state index contributed by atoms with van der Waals surface area (Å²) in [6.45, 7) is 2.23. The van der Waals surface area contributed by atoms with Crippen molar-refractivity contribution < 1.29 is 0 Å². The molecule has 3 aromatic carbocycles. The summed E-state index contributed by atoms with van der Waals surface area (Å²) in [7, 11) is 2.15. The predicted octanol–water partition coefficient (Wildman–Crippen LogP) is 5.09. The largest absolute Gasteiger partial charge is 0.357 e. The minimum atomic E-state index is -0.223. The van der Waals surface area contributed by atoms with Crippen LogP contribution in [0.4, 0.5) is 11.4 Å². The number of benzene rings is 3. The first-order valence-electron chi connectivity index (χ1n) is 7.95. The van der Waals surface area contributed by atoms with Gasteiger partial charge in [0.15, 0.2) is 0 Å².